The number of ether oxygens (including phenoxy) is 1. The number of aromatic nitrogens is 3. The van der Waals surface area contributed by atoms with E-state index < -0.39 is 11.1 Å². The molecule has 1 heterocycles. The van der Waals surface area contributed by atoms with Crippen LogP contribution in [0.2, 0.25) is 10.0 Å². The second-order valence-electron chi connectivity index (χ2n) is 5.69. The van der Waals surface area contributed by atoms with Gasteiger partial charge in [-0.3, -0.25) is 9.89 Å². The maximum absolute atomic E-state index is 13.2. The number of carbonyl (C=O) groups excluding carboxylic acids is 1. The molecule has 146 valence electrons. The highest BCUT2D eigenvalue weighted by Gasteiger charge is 2.19. The van der Waals surface area contributed by atoms with Gasteiger partial charge >= 0.3 is 0 Å². The van der Waals surface area contributed by atoms with Crippen molar-refractivity contribution in [3.8, 4) is 17.1 Å². The molecule has 1 aromatic heterocycles. The molecule has 0 radical (unpaired) electrons. The molecule has 0 aliphatic heterocycles. The van der Waals surface area contributed by atoms with E-state index in [4.69, 9.17) is 27.9 Å². The third kappa shape index (κ3) is 4.76. The van der Waals surface area contributed by atoms with Gasteiger partial charge in [-0.2, -0.15) is 0 Å². The van der Waals surface area contributed by atoms with Gasteiger partial charge in [0.05, 0.1) is 22.9 Å². The Morgan fingerprint density at radius 3 is 2.79 bits per heavy atom. The van der Waals surface area contributed by atoms with Crippen LogP contribution >= 0.6 is 35.0 Å². The summed E-state index contributed by atoms with van der Waals surface area (Å²) >= 11 is 12.9. The summed E-state index contributed by atoms with van der Waals surface area (Å²) in [6.45, 7) is 1.71. The topological polar surface area (TPSA) is 79.9 Å². The molecule has 0 bridgehead atoms. The molecule has 0 fully saturated rings. The number of methoxy groups -OCH3 is 1. The molecule has 0 aliphatic rings. The molecule has 1 unspecified atom stereocenters. The van der Waals surface area contributed by atoms with Gasteiger partial charge in [-0.05, 0) is 43.3 Å². The zero-order chi connectivity index (χ0) is 20.3. The number of rotatable bonds is 6. The van der Waals surface area contributed by atoms with Gasteiger partial charge in [0, 0.05) is 10.7 Å². The maximum atomic E-state index is 13.2. The average Bonchev–Trinajstić information content (AvgIpc) is 3.13. The summed E-state index contributed by atoms with van der Waals surface area (Å²) in [4.78, 5) is 16.8. The van der Waals surface area contributed by atoms with E-state index in [1.807, 2.05) is 0 Å². The van der Waals surface area contributed by atoms with E-state index in [0.717, 1.165) is 0 Å². The Morgan fingerprint density at radius 2 is 2.07 bits per heavy atom. The van der Waals surface area contributed by atoms with Gasteiger partial charge in [-0.25, -0.2) is 9.37 Å². The lowest BCUT2D eigenvalue weighted by Gasteiger charge is -2.10. The number of hydrogen-bond acceptors (Lipinski definition) is 5. The SMILES string of the molecule is COc1ccc(Cl)cc1-c1nc(SC(C)C(=O)Nc2ccc(F)c(Cl)c2)n[nH]1. The van der Waals surface area contributed by atoms with Gasteiger partial charge in [0.1, 0.15) is 11.6 Å². The zero-order valence-electron chi connectivity index (χ0n) is 14.8. The highest BCUT2D eigenvalue weighted by Crippen LogP contribution is 2.32. The Labute approximate surface area is 174 Å². The quantitative estimate of drug-likeness (QED) is 0.524. The highest BCUT2D eigenvalue weighted by molar-refractivity contribution is 8.00. The lowest BCUT2D eigenvalue weighted by Crippen LogP contribution is -2.22. The molecule has 0 saturated carbocycles. The Morgan fingerprint density at radius 1 is 1.29 bits per heavy atom. The minimum atomic E-state index is -0.549. The molecule has 1 atom stereocenters. The van der Waals surface area contributed by atoms with E-state index in [-0.39, 0.29) is 10.9 Å². The summed E-state index contributed by atoms with van der Waals surface area (Å²) in [6.07, 6.45) is 0. The predicted molar refractivity (Wildman–Crippen MR) is 109 cm³/mol. The van der Waals surface area contributed by atoms with Gasteiger partial charge < -0.3 is 10.1 Å². The Balaban J connectivity index is 1.70. The monoisotopic (exact) mass is 440 g/mol. The minimum Gasteiger partial charge on any atom is -0.496 e. The summed E-state index contributed by atoms with van der Waals surface area (Å²) < 4.78 is 18.5. The van der Waals surface area contributed by atoms with Crippen LogP contribution in [0.1, 0.15) is 6.92 Å². The van der Waals surface area contributed by atoms with Crippen LogP contribution in [0.5, 0.6) is 5.75 Å². The van der Waals surface area contributed by atoms with Crippen LogP contribution in [-0.2, 0) is 4.79 Å². The van der Waals surface area contributed by atoms with Crippen LogP contribution in [-0.4, -0.2) is 33.4 Å². The molecule has 10 heteroatoms. The van der Waals surface area contributed by atoms with Crippen LogP contribution in [0.4, 0.5) is 10.1 Å². The second kappa shape index (κ2) is 8.81. The van der Waals surface area contributed by atoms with Crippen molar-refractivity contribution in [1.29, 1.82) is 0 Å². The number of H-pyrrole nitrogens is 1. The summed E-state index contributed by atoms with van der Waals surface area (Å²) in [6, 6.07) is 9.13. The molecule has 1 amide bonds. The van der Waals surface area contributed by atoms with Crippen LogP contribution in [0.3, 0.4) is 0 Å². The van der Waals surface area contributed by atoms with Gasteiger partial charge in [-0.1, -0.05) is 35.0 Å². The number of benzene rings is 2. The molecular weight excluding hydrogens is 426 g/mol. The van der Waals surface area contributed by atoms with E-state index in [9.17, 15) is 9.18 Å². The second-order valence-corrected chi connectivity index (χ2v) is 7.84. The summed E-state index contributed by atoms with van der Waals surface area (Å²) in [5.41, 5.74) is 1.07. The van der Waals surface area contributed by atoms with Crippen molar-refractivity contribution >= 4 is 46.6 Å². The molecule has 2 N–H and O–H groups in total. The van der Waals surface area contributed by atoms with Crippen LogP contribution in [0, 0.1) is 5.82 Å². The molecule has 3 rings (SSSR count). The summed E-state index contributed by atoms with van der Waals surface area (Å²) in [5, 5.41) is 9.98. The van der Waals surface area contributed by atoms with E-state index in [1.54, 1.807) is 32.2 Å². The fraction of sp³-hybridized carbons (Fsp3) is 0.167. The van der Waals surface area contributed by atoms with Crippen molar-refractivity contribution in [3.05, 3.63) is 52.3 Å². The predicted octanol–water partition coefficient (Wildman–Crippen LogP) is 5.05. The molecule has 0 spiro atoms. The first-order valence-electron chi connectivity index (χ1n) is 8.06. The molecular formula is C18H15Cl2FN4O2S. The third-order valence-corrected chi connectivity index (χ3v) is 5.21. The van der Waals surface area contributed by atoms with E-state index >= 15 is 0 Å². The fourth-order valence-corrected chi connectivity index (χ4v) is 3.39. The number of nitrogens with one attached hydrogen (secondary N) is 2. The molecule has 3 aromatic rings. The Hall–Kier alpha value is -2.29. The normalized spacial score (nSPS) is 11.9. The van der Waals surface area contributed by atoms with E-state index in [0.29, 0.717) is 33.0 Å². The zero-order valence-corrected chi connectivity index (χ0v) is 17.1. The van der Waals surface area contributed by atoms with Crippen molar-refractivity contribution in [2.24, 2.45) is 0 Å². The summed E-state index contributed by atoms with van der Waals surface area (Å²) in [5.74, 6) is 0.224. The first kappa shape index (κ1) is 20.4. The molecule has 28 heavy (non-hydrogen) atoms. The lowest BCUT2D eigenvalue weighted by molar-refractivity contribution is -0.115. The first-order chi connectivity index (χ1) is 13.4. The number of nitrogens with zero attached hydrogens (tertiary/aromatic N) is 2. The Kier molecular flexibility index (Phi) is 6.43. The van der Waals surface area contributed by atoms with Crippen molar-refractivity contribution in [2.75, 3.05) is 12.4 Å². The number of amides is 1. The third-order valence-electron chi connectivity index (χ3n) is 3.72. The first-order valence-corrected chi connectivity index (χ1v) is 9.70. The van der Waals surface area contributed by atoms with Gasteiger partial charge in [0.2, 0.25) is 11.1 Å². The molecule has 2 aromatic carbocycles. The van der Waals surface area contributed by atoms with E-state index in [2.05, 4.69) is 20.5 Å². The van der Waals surface area contributed by atoms with Crippen LogP contribution in [0.25, 0.3) is 11.4 Å². The smallest absolute Gasteiger partial charge is 0.237 e. The number of halogens is 3. The molecule has 6 nitrogen and oxygen atoms in total. The lowest BCUT2D eigenvalue weighted by atomic mass is 10.2. The van der Waals surface area contributed by atoms with Crippen molar-refractivity contribution in [3.63, 3.8) is 0 Å². The largest absolute Gasteiger partial charge is 0.496 e. The van der Waals surface area contributed by atoms with Crippen molar-refractivity contribution < 1.29 is 13.9 Å². The van der Waals surface area contributed by atoms with Gasteiger partial charge in [0.15, 0.2) is 5.82 Å². The minimum absolute atomic E-state index is 0.0628. The number of hydrogen-bond donors (Lipinski definition) is 2. The molecule has 0 aliphatic carbocycles. The van der Waals surface area contributed by atoms with Crippen molar-refractivity contribution in [1.82, 2.24) is 15.2 Å². The standard InChI is InChI=1S/C18H15Cl2FN4O2S/c1-9(17(26)22-11-4-5-14(21)13(20)8-11)28-18-23-16(24-25-18)12-7-10(19)3-6-15(12)27-2/h3-9H,1-2H3,(H,22,26)(H,23,24,25). The number of aromatic amines is 1. The molecule has 0 saturated heterocycles. The number of carbonyl (C=O) groups is 1. The highest BCUT2D eigenvalue weighted by atomic mass is 35.5. The number of anilines is 1. The average molecular weight is 441 g/mol. The number of thioether (sulfide) groups is 1. The van der Waals surface area contributed by atoms with Crippen LogP contribution in [0.15, 0.2) is 41.6 Å². The van der Waals surface area contributed by atoms with Gasteiger partial charge in [-0.15, -0.1) is 5.10 Å². The van der Waals surface area contributed by atoms with E-state index in [1.165, 1.54) is 30.0 Å². The van der Waals surface area contributed by atoms with Gasteiger partial charge in [0.25, 0.3) is 0 Å². The maximum Gasteiger partial charge on any atom is 0.237 e. The summed E-state index contributed by atoms with van der Waals surface area (Å²) in [7, 11) is 1.55. The van der Waals surface area contributed by atoms with Crippen molar-refractivity contribution in [2.45, 2.75) is 17.3 Å². The fourth-order valence-electron chi connectivity index (χ4n) is 2.31. The van der Waals surface area contributed by atoms with Crippen LogP contribution < -0.4 is 10.1 Å². The Bertz CT molecular complexity index is 1020.